The third-order valence-corrected chi connectivity index (χ3v) is 7.34. The lowest BCUT2D eigenvalue weighted by molar-refractivity contribution is 0.0782. The van der Waals surface area contributed by atoms with Crippen LogP contribution >= 0.6 is 0 Å². The third-order valence-electron chi connectivity index (χ3n) is 7.34. The number of halogens is 1. The van der Waals surface area contributed by atoms with Gasteiger partial charge in [-0.15, -0.1) is 0 Å². The van der Waals surface area contributed by atoms with E-state index in [9.17, 15) is 9.18 Å². The zero-order chi connectivity index (χ0) is 24.2. The fourth-order valence-corrected chi connectivity index (χ4v) is 5.48. The number of para-hydroxylation sites is 2. The van der Waals surface area contributed by atoms with Gasteiger partial charge in [0.1, 0.15) is 11.6 Å². The maximum absolute atomic E-state index is 13.4. The van der Waals surface area contributed by atoms with Gasteiger partial charge in [-0.25, -0.2) is 4.39 Å². The Labute approximate surface area is 206 Å². The summed E-state index contributed by atoms with van der Waals surface area (Å²) >= 11 is 0. The van der Waals surface area contributed by atoms with Gasteiger partial charge in [0.15, 0.2) is 0 Å². The second-order valence-corrected chi connectivity index (χ2v) is 9.45. The summed E-state index contributed by atoms with van der Waals surface area (Å²) in [4.78, 5) is 20.2. The van der Waals surface area contributed by atoms with E-state index >= 15 is 0 Å². The van der Waals surface area contributed by atoms with E-state index in [1.807, 2.05) is 23.1 Å². The van der Waals surface area contributed by atoms with Crippen molar-refractivity contribution in [2.45, 2.75) is 5.92 Å². The molecular formula is C29H32FN3O2. The molecule has 0 aromatic heterocycles. The lowest BCUT2D eigenvalue weighted by Crippen LogP contribution is -2.48. The molecule has 3 aromatic carbocycles. The second kappa shape index (κ2) is 10.5. The molecule has 2 aliphatic heterocycles. The zero-order valence-electron chi connectivity index (χ0n) is 20.1. The van der Waals surface area contributed by atoms with Crippen molar-refractivity contribution >= 4 is 11.6 Å². The molecule has 35 heavy (non-hydrogen) atoms. The molecule has 0 aliphatic carbocycles. The predicted molar refractivity (Wildman–Crippen MR) is 137 cm³/mol. The molecular weight excluding hydrogens is 441 g/mol. The lowest BCUT2D eigenvalue weighted by atomic mass is 9.87. The Morgan fingerprint density at radius 3 is 2.29 bits per heavy atom. The number of likely N-dealkylation sites (tertiary alicyclic amines) is 1. The van der Waals surface area contributed by atoms with Gasteiger partial charge in [0.2, 0.25) is 0 Å². The van der Waals surface area contributed by atoms with Gasteiger partial charge in [0.05, 0.1) is 7.11 Å². The summed E-state index contributed by atoms with van der Waals surface area (Å²) in [6.07, 6.45) is 0. The maximum atomic E-state index is 13.4. The first-order valence-corrected chi connectivity index (χ1v) is 12.3. The largest absolute Gasteiger partial charge is 0.496 e. The van der Waals surface area contributed by atoms with Crippen LogP contribution in [0.25, 0.3) is 0 Å². The minimum absolute atomic E-state index is 0.0405. The van der Waals surface area contributed by atoms with Crippen molar-refractivity contribution in [2.75, 3.05) is 57.8 Å². The van der Waals surface area contributed by atoms with Crippen LogP contribution in [0.5, 0.6) is 5.75 Å². The number of nitrogens with zero attached hydrogens (tertiary/aromatic N) is 3. The second-order valence-electron chi connectivity index (χ2n) is 9.45. The maximum Gasteiger partial charge on any atom is 0.253 e. The van der Waals surface area contributed by atoms with E-state index in [0.717, 1.165) is 44.0 Å². The number of piperazine rings is 1. The van der Waals surface area contributed by atoms with Gasteiger partial charge in [-0.3, -0.25) is 9.69 Å². The Morgan fingerprint density at radius 1 is 0.886 bits per heavy atom. The van der Waals surface area contributed by atoms with E-state index in [1.165, 1.54) is 17.8 Å². The normalized spacial score (nSPS) is 20.7. The van der Waals surface area contributed by atoms with Crippen LogP contribution in [-0.4, -0.2) is 68.6 Å². The fourth-order valence-electron chi connectivity index (χ4n) is 5.48. The van der Waals surface area contributed by atoms with E-state index in [0.29, 0.717) is 24.6 Å². The Kier molecular flexibility index (Phi) is 7.00. The monoisotopic (exact) mass is 473 g/mol. The molecule has 2 heterocycles. The highest BCUT2D eigenvalue weighted by molar-refractivity contribution is 5.94. The molecule has 0 N–H and O–H groups in total. The van der Waals surface area contributed by atoms with Crippen molar-refractivity contribution in [1.29, 1.82) is 0 Å². The number of amides is 1. The van der Waals surface area contributed by atoms with Gasteiger partial charge < -0.3 is 14.5 Å². The summed E-state index contributed by atoms with van der Waals surface area (Å²) in [5.41, 5.74) is 2.95. The number of carbonyl (C=O) groups excluding carboxylic acids is 1. The third kappa shape index (κ3) is 5.17. The van der Waals surface area contributed by atoms with Gasteiger partial charge in [-0.2, -0.15) is 0 Å². The topological polar surface area (TPSA) is 36.0 Å². The first-order valence-electron chi connectivity index (χ1n) is 12.3. The van der Waals surface area contributed by atoms with Crippen LogP contribution in [0.15, 0.2) is 78.9 Å². The number of hydrogen-bond donors (Lipinski definition) is 0. The molecule has 0 saturated carbocycles. The highest BCUT2D eigenvalue weighted by atomic mass is 19.1. The van der Waals surface area contributed by atoms with Crippen LogP contribution < -0.4 is 9.64 Å². The predicted octanol–water partition coefficient (Wildman–Crippen LogP) is 4.51. The molecule has 0 radical (unpaired) electrons. The van der Waals surface area contributed by atoms with Crippen LogP contribution in [0.3, 0.4) is 0 Å². The Hall–Kier alpha value is -3.38. The number of benzene rings is 3. The molecule has 2 unspecified atom stereocenters. The average molecular weight is 474 g/mol. The van der Waals surface area contributed by atoms with Crippen LogP contribution in [0.2, 0.25) is 0 Å². The van der Waals surface area contributed by atoms with Crippen LogP contribution in [0.1, 0.15) is 21.8 Å². The zero-order valence-corrected chi connectivity index (χ0v) is 20.1. The number of anilines is 1. The molecule has 182 valence electrons. The first kappa shape index (κ1) is 23.4. The molecule has 2 atom stereocenters. The van der Waals surface area contributed by atoms with Gasteiger partial charge >= 0.3 is 0 Å². The molecule has 5 nitrogen and oxygen atoms in total. The number of ether oxygens (including phenoxy) is 1. The molecule has 3 aromatic rings. The quantitative estimate of drug-likeness (QED) is 0.528. The van der Waals surface area contributed by atoms with Gasteiger partial charge in [0, 0.05) is 63.0 Å². The molecule has 2 aliphatic rings. The molecule has 2 saturated heterocycles. The van der Waals surface area contributed by atoms with Gasteiger partial charge in [0.25, 0.3) is 5.91 Å². The number of carbonyl (C=O) groups is 1. The summed E-state index contributed by atoms with van der Waals surface area (Å²) < 4.78 is 19.1. The van der Waals surface area contributed by atoms with E-state index in [2.05, 4.69) is 46.2 Å². The molecule has 6 heteroatoms. The first-order chi connectivity index (χ1) is 17.1. The van der Waals surface area contributed by atoms with Crippen molar-refractivity contribution in [3.63, 3.8) is 0 Å². The molecule has 0 spiro atoms. The summed E-state index contributed by atoms with van der Waals surface area (Å²) in [6, 6.07) is 24.6. The van der Waals surface area contributed by atoms with Crippen molar-refractivity contribution in [2.24, 2.45) is 5.92 Å². The average Bonchev–Trinajstić information content (AvgIpc) is 3.33. The molecule has 5 rings (SSSR count). The van der Waals surface area contributed by atoms with Crippen LogP contribution in [-0.2, 0) is 0 Å². The number of methoxy groups -OCH3 is 1. The van der Waals surface area contributed by atoms with Crippen molar-refractivity contribution in [3.05, 3.63) is 95.8 Å². The Balaban J connectivity index is 1.32. The van der Waals surface area contributed by atoms with E-state index < -0.39 is 0 Å². The van der Waals surface area contributed by atoms with Crippen molar-refractivity contribution in [1.82, 2.24) is 9.80 Å². The van der Waals surface area contributed by atoms with Gasteiger partial charge in [-0.1, -0.05) is 36.4 Å². The van der Waals surface area contributed by atoms with Crippen LogP contribution in [0, 0.1) is 11.7 Å². The summed E-state index contributed by atoms with van der Waals surface area (Å²) in [6.45, 7) is 6.22. The Bertz CT molecular complexity index is 1130. The van der Waals surface area contributed by atoms with E-state index in [1.54, 1.807) is 19.2 Å². The van der Waals surface area contributed by atoms with Crippen LogP contribution in [0.4, 0.5) is 10.1 Å². The van der Waals surface area contributed by atoms with Gasteiger partial charge in [-0.05, 0) is 53.9 Å². The minimum Gasteiger partial charge on any atom is -0.496 e. The highest BCUT2D eigenvalue weighted by Gasteiger charge is 2.39. The summed E-state index contributed by atoms with van der Waals surface area (Å²) in [5.74, 6) is 0.970. The van der Waals surface area contributed by atoms with Crippen molar-refractivity contribution < 1.29 is 13.9 Å². The fraction of sp³-hybridized carbons (Fsp3) is 0.345. The van der Waals surface area contributed by atoms with E-state index in [-0.39, 0.29) is 17.6 Å². The Morgan fingerprint density at radius 2 is 1.57 bits per heavy atom. The molecule has 1 amide bonds. The minimum atomic E-state index is -0.331. The van der Waals surface area contributed by atoms with E-state index in [4.69, 9.17) is 4.74 Å². The molecule has 0 bridgehead atoms. The smallest absolute Gasteiger partial charge is 0.253 e. The summed E-state index contributed by atoms with van der Waals surface area (Å²) in [5, 5.41) is 0. The highest BCUT2D eigenvalue weighted by Crippen LogP contribution is 2.38. The lowest BCUT2D eigenvalue weighted by Gasteiger charge is -2.38. The van der Waals surface area contributed by atoms with Crippen molar-refractivity contribution in [3.8, 4) is 5.75 Å². The standard InChI is InChI=1S/C29H32FN3O2/c1-35-28-10-6-5-9-26(28)27-21-33(29(34)22-11-13-24(30)14-12-22)20-23(27)19-31-15-17-32(18-16-31)25-7-3-2-4-8-25/h2-14,23,27H,15-21H2,1H3. The SMILES string of the molecule is COc1ccccc1C1CN(C(=O)c2ccc(F)cc2)CC1CN1CCN(c2ccccc2)CC1. The summed E-state index contributed by atoms with van der Waals surface area (Å²) in [7, 11) is 1.70. The molecule has 2 fully saturated rings. The number of rotatable bonds is 6. The number of hydrogen-bond acceptors (Lipinski definition) is 4.